The van der Waals surface area contributed by atoms with E-state index in [0.717, 1.165) is 32.1 Å². The molecular weight excluding hydrogens is 637 g/mol. The second kappa shape index (κ2) is 34.3. The molecule has 2 atom stereocenters. The van der Waals surface area contributed by atoms with E-state index in [2.05, 4.69) is 26.0 Å². The quantitative estimate of drug-likeness (QED) is 0.0223. The van der Waals surface area contributed by atoms with E-state index in [1.165, 1.54) is 128 Å². The average Bonchev–Trinajstić information content (AvgIpc) is 3.04. The average molecular weight is 719 g/mol. The summed E-state index contributed by atoms with van der Waals surface area (Å²) in [5, 5.41) is 0. The number of hydrogen-bond donors (Lipinski definition) is 1. The van der Waals surface area contributed by atoms with Crippen molar-refractivity contribution in [2.24, 2.45) is 0 Å². The largest absolute Gasteiger partial charge is 0.472 e. The number of quaternary nitrogens is 1. The Morgan fingerprint density at radius 3 is 1.55 bits per heavy atom. The van der Waals surface area contributed by atoms with Gasteiger partial charge in [-0.1, -0.05) is 148 Å². The summed E-state index contributed by atoms with van der Waals surface area (Å²) >= 11 is 0. The van der Waals surface area contributed by atoms with Crippen molar-refractivity contribution in [2.75, 3.05) is 54.1 Å². The Morgan fingerprint density at radius 1 is 0.612 bits per heavy atom. The van der Waals surface area contributed by atoms with Crippen LogP contribution in [0.25, 0.3) is 0 Å². The lowest BCUT2D eigenvalue weighted by atomic mass is 10.1. The first-order valence-electron chi connectivity index (χ1n) is 20.4. The number of esters is 1. The first-order chi connectivity index (χ1) is 23.6. The highest BCUT2D eigenvalue weighted by Gasteiger charge is 2.26. The Labute approximate surface area is 303 Å². The Balaban J connectivity index is 4.19. The number of allylic oxidation sites excluding steroid dienone is 2. The van der Waals surface area contributed by atoms with Crippen molar-refractivity contribution < 1.29 is 37.3 Å². The molecule has 1 N–H and O–H groups in total. The lowest BCUT2D eigenvalue weighted by Crippen LogP contribution is -2.37. The van der Waals surface area contributed by atoms with Crippen LogP contribution in [-0.4, -0.2) is 75.6 Å². The highest BCUT2D eigenvalue weighted by molar-refractivity contribution is 7.47. The number of phosphoric acid groups is 1. The molecule has 0 aliphatic heterocycles. The lowest BCUT2D eigenvalue weighted by molar-refractivity contribution is -0.870. The van der Waals surface area contributed by atoms with Crippen molar-refractivity contribution in [2.45, 2.75) is 187 Å². The fraction of sp³-hybridized carbons (Fsp3) is 0.925. The Kier molecular flexibility index (Phi) is 33.8. The minimum atomic E-state index is -4.26. The molecule has 0 aliphatic carbocycles. The molecule has 0 fully saturated rings. The highest BCUT2D eigenvalue weighted by atomic mass is 31.2. The van der Waals surface area contributed by atoms with E-state index in [0.29, 0.717) is 24.1 Å². The van der Waals surface area contributed by atoms with Crippen LogP contribution in [0.4, 0.5) is 0 Å². The van der Waals surface area contributed by atoms with Crippen LogP contribution in [0.3, 0.4) is 0 Å². The zero-order chi connectivity index (χ0) is 36.3. The summed E-state index contributed by atoms with van der Waals surface area (Å²) in [5.74, 6) is -0.317. The van der Waals surface area contributed by atoms with Crippen molar-refractivity contribution in [1.82, 2.24) is 0 Å². The molecule has 0 saturated heterocycles. The molecule has 0 aliphatic rings. The van der Waals surface area contributed by atoms with Crippen LogP contribution in [0.1, 0.15) is 181 Å². The van der Waals surface area contributed by atoms with E-state index in [-0.39, 0.29) is 25.8 Å². The fourth-order valence-electron chi connectivity index (χ4n) is 5.61. The first-order valence-corrected chi connectivity index (χ1v) is 21.9. The molecule has 0 aromatic heterocycles. The third kappa shape index (κ3) is 38.3. The van der Waals surface area contributed by atoms with Crippen LogP contribution in [0.5, 0.6) is 0 Å². The van der Waals surface area contributed by atoms with Gasteiger partial charge in [-0.05, 0) is 38.5 Å². The van der Waals surface area contributed by atoms with E-state index in [1.807, 2.05) is 21.1 Å². The summed E-state index contributed by atoms with van der Waals surface area (Å²) in [6, 6.07) is 0. The molecule has 0 saturated carbocycles. The van der Waals surface area contributed by atoms with Crippen molar-refractivity contribution in [3.63, 3.8) is 0 Å². The van der Waals surface area contributed by atoms with Gasteiger partial charge in [0.25, 0.3) is 0 Å². The lowest BCUT2D eigenvalue weighted by Gasteiger charge is -2.24. The predicted molar refractivity (Wildman–Crippen MR) is 206 cm³/mol. The molecule has 292 valence electrons. The predicted octanol–water partition coefficient (Wildman–Crippen LogP) is 11.5. The molecule has 0 heterocycles. The Morgan fingerprint density at radius 2 is 1.06 bits per heavy atom. The molecule has 9 heteroatoms. The van der Waals surface area contributed by atoms with Gasteiger partial charge in [-0.15, -0.1) is 0 Å². The zero-order valence-corrected chi connectivity index (χ0v) is 33.8. The van der Waals surface area contributed by atoms with Crippen LogP contribution >= 0.6 is 7.82 Å². The number of likely N-dealkylation sites (N-methyl/N-ethyl adjacent to an activating group) is 1. The highest BCUT2D eigenvalue weighted by Crippen LogP contribution is 2.43. The second-order valence-corrected chi connectivity index (χ2v) is 16.5. The van der Waals surface area contributed by atoms with Gasteiger partial charge in [0.2, 0.25) is 0 Å². The molecule has 49 heavy (non-hydrogen) atoms. The van der Waals surface area contributed by atoms with Gasteiger partial charge in [-0.2, -0.15) is 0 Å². The number of phosphoric ester groups is 1. The standard InChI is InChI=1S/C40H80NO7P/c1-6-8-10-12-14-16-17-18-19-20-21-22-23-24-25-27-29-31-33-40(42)48-39(38-47-49(43,44)46-36-34-41(3,4)5)37-45-35-32-30-28-26-15-13-11-9-7-2/h19-20,39H,6-18,21-38H2,1-5H3/p+1/b20-19-. The number of hydrogen-bond acceptors (Lipinski definition) is 6. The summed E-state index contributed by atoms with van der Waals surface area (Å²) in [4.78, 5) is 22.8. The van der Waals surface area contributed by atoms with Gasteiger partial charge < -0.3 is 18.9 Å². The maximum atomic E-state index is 12.6. The van der Waals surface area contributed by atoms with E-state index in [4.69, 9.17) is 18.5 Å². The molecule has 0 aromatic rings. The van der Waals surface area contributed by atoms with Crippen LogP contribution in [0, 0.1) is 0 Å². The smallest absolute Gasteiger partial charge is 0.457 e. The monoisotopic (exact) mass is 719 g/mol. The molecule has 8 nitrogen and oxygen atoms in total. The summed E-state index contributed by atoms with van der Waals surface area (Å²) in [6.07, 6.45) is 35.2. The van der Waals surface area contributed by atoms with Crippen LogP contribution in [0.2, 0.25) is 0 Å². The summed E-state index contributed by atoms with van der Waals surface area (Å²) in [7, 11) is 1.67. The van der Waals surface area contributed by atoms with E-state index >= 15 is 0 Å². The van der Waals surface area contributed by atoms with Crippen molar-refractivity contribution >= 4 is 13.8 Å². The van der Waals surface area contributed by atoms with Crippen LogP contribution < -0.4 is 0 Å². The molecule has 0 bridgehead atoms. The molecule has 0 rings (SSSR count). The van der Waals surface area contributed by atoms with Gasteiger partial charge in [0, 0.05) is 13.0 Å². The van der Waals surface area contributed by atoms with Gasteiger partial charge in [-0.3, -0.25) is 13.8 Å². The van der Waals surface area contributed by atoms with E-state index in [1.54, 1.807) is 0 Å². The summed E-state index contributed by atoms with van der Waals surface area (Å²) in [5.41, 5.74) is 0. The number of carbonyl (C=O) groups is 1. The van der Waals surface area contributed by atoms with Gasteiger partial charge >= 0.3 is 13.8 Å². The normalized spacial score (nSPS) is 14.0. The maximum Gasteiger partial charge on any atom is 0.472 e. The minimum Gasteiger partial charge on any atom is -0.457 e. The molecule has 0 aromatic carbocycles. The number of unbranched alkanes of at least 4 members (excludes halogenated alkanes) is 22. The van der Waals surface area contributed by atoms with E-state index in [9.17, 15) is 14.3 Å². The number of nitrogens with zero attached hydrogens (tertiary/aromatic N) is 1. The first kappa shape index (κ1) is 48.2. The van der Waals surface area contributed by atoms with Gasteiger partial charge in [0.1, 0.15) is 19.3 Å². The maximum absolute atomic E-state index is 12.6. The van der Waals surface area contributed by atoms with Crippen molar-refractivity contribution in [3.05, 3.63) is 12.2 Å². The minimum absolute atomic E-state index is 0.0905. The fourth-order valence-corrected chi connectivity index (χ4v) is 6.35. The molecule has 2 unspecified atom stereocenters. The summed E-state index contributed by atoms with van der Waals surface area (Å²) in [6.45, 7) is 5.62. The van der Waals surface area contributed by atoms with E-state index < -0.39 is 13.9 Å². The van der Waals surface area contributed by atoms with Crippen LogP contribution in [0.15, 0.2) is 12.2 Å². The second-order valence-electron chi connectivity index (χ2n) is 15.0. The topological polar surface area (TPSA) is 91.3 Å². The van der Waals surface area contributed by atoms with Gasteiger partial charge in [0.15, 0.2) is 0 Å². The van der Waals surface area contributed by atoms with Crippen molar-refractivity contribution in [3.8, 4) is 0 Å². The zero-order valence-electron chi connectivity index (χ0n) is 32.9. The Bertz CT molecular complexity index is 802. The third-order valence-electron chi connectivity index (χ3n) is 8.83. The SMILES string of the molecule is CCCCCCCCC/C=C\CCCCCCCCCC(=O)OC(COCCCCCCCCCCC)COP(=O)(O)OCC[N+](C)(C)C. The number of carbonyl (C=O) groups excluding carboxylic acids is 1. The molecular formula is C40H81NO7P+. The third-order valence-corrected chi connectivity index (χ3v) is 9.81. The van der Waals surface area contributed by atoms with Crippen LogP contribution in [-0.2, 0) is 27.9 Å². The number of ether oxygens (including phenoxy) is 2. The van der Waals surface area contributed by atoms with Crippen molar-refractivity contribution in [1.29, 1.82) is 0 Å². The van der Waals surface area contributed by atoms with Gasteiger partial charge in [0.05, 0.1) is 34.4 Å². The molecule has 0 amide bonds. The Hall–Kier alpha value is -0.760. The number of rotatable bonds is 38. The van der Waals surface area contributed by atoms with Gasteiger partial charge in [-0.25, -0.2) is 4.57 Å². The summed E-state index contributed by atoms with van der Waals surface area (Å²) < 4.78 is 34.8. The molecule has 0 radical (unpaired) electrons. The molecule has 0 spiro atoms.